The predicted octanol–water partition coefficient (Wildman–Crippen LogP) is 1.86. The Morgan fingerprint density at radius 1 is 1.50 bits per heavy atom. The number of imidazole rings is 1. The second-order valence-corrected chi connectivity index (χ2v) is 4.92. The Labute approximate surface area is 105 Å². The molecule has 2 aromatic heterocycles. The summed E-state index contributed by atoms with van der Waals surface area (Å²) < 4.78 is 1.76. The Bertz CT molecular complexity index is 587. The van der Waals surface area contributed by atoms with Crippen LogP contribution >= 0.6 is 0 Å². The lowest BCUT2D eigenvalue weighted by atomic mass is 10.1. The minimum atomic E-state index is -0.855. The standard InChI is InChI=1S/C13H17N3O2/c1-8(2)4-10-5-12-15-9(3)11(6-13(17)18)16(12)7-14-10/h5,7-8H,4,6H2,1-3H3,(H,17,18). The van der Waals surface area contributed by atoms with Crippen LogP contribution in [0.5, 0.6) is 0 Å². The average Bonchev–Trinajstić information content (AvgIpc) is 2.53. The van der Waals surface area contributed by atoms with E-state index >= 15 is 0 Å². The molecule has 5 heteroatoms. The molecule has 0 saturated carbocycles. The molecule has 0 fully saturated rings. The van der Waals surface area contributed by atoms with Gasteiger partial charge in [0, 0.05) is 11.8 Å². The van der Waals surface area contributed by atoms with Crippen LogP contribution < -0.4 is 0 Å². The van der Waals surface area contributed by atoms with Crippen molar-refractivity contribution in [1.29, 1.82) is 0 Å². The monoisotopic (exact) mass is 247 g/mol. The number of fused-ring (bicyclic) bond motifs is 1. The Morgan fingerprint density at radius 3 is 2.83 bits per heavy atom. The summed E-state index contributed by atoms with van der Waals surface area (Å²) in [5.41, 5.74) is 3.21. The zero-order valence-electron chi connectivity index (χ0n) is 10.8. The summed E-state index contributed by atoms with van der Waals surface area (Å²) in [6.07, 6.45) is 2.54. The van der Waals surface area contributed by atoms with Crippen LogP contribution in [-0.2, 0) is 17.6 Å². The molecule has 0 aliphatic heterocycles. The smallest absolute Gasteiger partial charge is 0.309 e. The zero-order valence-corrected chi connectivity index (χ0v) is 10.8. The molecule has 0 aliphatic rings. The number of hydrogen-bond donors (Lipinski definition) is 1. The molecule has 0 saturated heterocycles. The molecule has 2 heterocycles. The molecule has 2 aromatic rings. The summed E-state index contributed by atoms with van der Waals surface area (Å²) in [5.74, 6) is -0.319. The number of aliphatic carboxylic acids is 1. The SMILES string of the molecule is Cc1nc2cc(CC(C)C)ncn2c1CC(=O)O. The van der Waals surface area contributed by atoms with Gasteiger partial charge in [-0.3, -0.25) is 9.20 Å². The molecule has 0 aromatic carbocycles. The van der Waals surface area contributed by atoms with Crippen LogP contribution in [0.2, 0.25) is 0 Å². The van der Waals surface area contributed by atoms with Gasteiger partial charge in [-0.25, -0.2) is 9.97 Å². The topological polar surface area (TPSA) is 67.5 Å². The van der Waals surface area contributed by atoms with Crippen LogP contribution in [0.1, 0.15) is 30.9 Å². The summed E-state index contributed by atoms with van der Waals surface area (Å²) in [7, 11) is 0. The first kappa shape index (κ1) is 12.5. The van der Waals surface area contributed by atoms with Crippen molar-refractivity contribution >= 4 is 11.6 Å². The van der Waals surface area contributed by atoms with Crippen molar-refractivity contribution in [2.24, 2.45) is 5.92 Å². The van der Waals surface area contributed by atoms with Crippen LogP contribution in [0.4, 0.5) is 0 Å². The average molecular weight is 247 g/mol. The lowest BCUT2D eigenvalue weighted by molar-refractivity contribution is -0.136. The largest absolute Gasteiger partial charge is 0.481 e. The third kappa shape index (κ3) is 2.50. The van der Waals surface area contributed by atoms with Gasteiger partial charge in [0.05, 0.1) is 17.8 Å². The highest BCUT2D eigenvalue weighted by Gasteiger charge is 2.13. The van der Waals surface area contributed by atoms with E-state index in [1.807, 2.05) is 13.0 Å². The van der Waals surface area contributed by atoms with Crippen LogP contribution in [0.3, 0.4) is 0 Å². The van der Waals surface area contributed by atoms with Gasteiger partial charge in [0.2, 0.25) is 0 Å². The number of nitrogens with zero attached hydrogens (tertiary/aromatic N) is 3. The molecule has 2 rings (SSSR count). The van der Waals surface area contributed by atoms with Crippen molar-refractivity contribution in [2.75, 3.05) is 0 Å². The number of aromatic nitrogens is 3. The fourth-order valence-corrected chi connectivity index (χ4v) is 2.04. The van der Waals surface area contributed by atoms with Crippen molar-refractivity contribution in [2.45, 2.75) is 33.6 Å². The maximum absolute atomic E-state index is 10.8. The molecule has 0 amide bonds. The van der Waals surface area contributed by atoms with E-state index in [9.17, 15) is 4.79 Å². The van der Waals surface area contributed by atoms with Crippen molar-refractivity contribution in [3.05, 3.63) is 29.5 Å². The van der Waals surface area contributed by atoms with E-state index in [0.717, 1.165) is 23.5 Å². The van der Waals surface area contributed by atoms with Crippen molar-refractivity contribution < 1.29 is 9.90 Å². The predicted molar refractivity (Wildman–Crippen MR) is 67.6 cm³/mol. The Morgan fingerprint density at radius 2 is 2.22 bits per heavy atom. The van der Waals surface area contributed by atoms with Crippen molar-refractivity contribution in [3.8, 4) is 0 Å². The first-order chi connectivity index (χ1) is 8.47. The molecular formula is C13H17N3O2. The highest BCUT2D eigenvalue weighted by Crippen LogP contribution is 2.14. The Hall–Kier alpha value is -1.91. The van der Waals surface area contributed by atoms with E-state index in [1.165, 1.54) is 0 Å². The molecule has 0 spiro atoms. The van der Waals surface area contributed by atoms with Gasteiger partial charge >= 0.3 is 5.97 Å². The number of aryl methyl sites for hydroxylation is 1. The van der Waals surface area contributed by atoms with Crippen LogP contribution in [0.15, 0.2) is 12.4 Å². The molecule has 0 radical (unpaired) electrons. The van der Waals surface area contributed by atoms with Crippen molar-refractivity contribution in [1.82, 2.24) is 14.4 Å². The first-order valence-electron chi connectivity index (χ1n) is 6.01. The third-order valence-corrected chi connectivity index (χ3v) is 2.81. The molecule has 0 unspecified atom stereocenters. The summed E-state index contributed by atoms with van der Waals surface area (Å²) in [5, 5.41) is 8.88. The van der Waals surface area contributed by atoms with E-state index in [1.54, 1.807) is 10.7 Å². The summed E-state index contributed by atoms with van der Waals surface area (Å²) >= 11 is 0. The molecular weight excluding hydrogens is 230 g/mol. The van der Waals surface area contributed by atoms with Gasteiger partial charge in [-0.15, -0.1) is 0 Å². The Kier molecular flexibility index (Phi) is 3.32. The van der Waals surface area contributed by atoms with E-state index in [4.69, 9.17) is 5.11 Å². The van der Waals surface area contributed by atoms with Gasteiger partial charge in [0.1, 0.15) is 12.0 Å². The van der Waals surface area contributed by atoms with Gasteiger partial charge in [-0.1, -0.05) is 13.8 Å². The molecule has 18 heavy (non-hydrogen) atoms. The van der Waals surface area contributed by atoms with E-state index in [0.29, 0.717) is 11.6 Å². The number of carboxylic acids is 1. The molecule has 0 bridgehead atoms. The number of rotatable bonds is 4. The zero-order chi connectivity index (χ0) is 13.3. The molecule has 0 aliphatic carbocycles. The molecule has 96 valence electrons. The quantitative estimate of drug-likeness (QED) is 0.895. The van der Waals surface area contributed by atoms with E-state index < -0.39 is 5.97 Å². The Balaban J connectivity index is 2.44. The van der Waals surface area contributed by atoms with Gasteiger partial charge in [0.15, 0.2) is 0 Å². The van der Waals surface area contributed by atoms with Crippen LogP contribution in [-0.4, -0.2) is 25.4 Å². The van der Waals surface area contributed by atoms with Crippen LogP contribution in [0, 0.1) is 12.8 Å². The fourth-order valence-electron chi connectivity index (χ4n) is 2.04. The minimum absolute atomic E-state index is 0.0296. The molecule has 1 N–H and O–H groups in total. The highest BCUT2D eigenvalue weighted by molar-refractivity contribution is 5.70. The van der Waals surface area contributed by atoms with Gasteiger partial charge in [0.25, 0.3) is 0 Å². The fraction of sp³-hybridized carbons (Fsp3) is 0.462. The molecule has 0 atom stereocenters. The number of carbonyl (C=O) groups is 1. The number of carboxylic acid groups (broad SMARTS) is 1. The van der Waals surface area contributed by atoms with Gasteiger partial charge in [-0.05, 0) is 19.3 Å². The lowest BCUT2D eigenvalue weighted by Crippen LogP contribution is -2.06. The van der Waals surface area contributed by atoms with Crippen LogP contribution in [0.25, 0.3) is 5.65 Å². The second kappa shape index (κ2) is 4.76. The third-order valence-electron chi connectivity index (χ3n) is 2.81. The maximum atomic E-state index is 10.8. The molecule has 5 nitrogen and oxygen atoms in total. The van der Waals surface area contributed by atoms with Gasteiger partial charge in [-0.2, -0.15) is 0 Å². The normalized spacial score (nSPS) is 11.3. The minimum Gasteiger partial charge on any atom is -0.481 e. The summed E-state index contributed by atoms with van der Waals surface area (Å²) in [4.78, 5) is 19.6. The summed E-state index contributed by atoms with van der Waals surface area (Å²) in [6, 6.07) is 1.93. The summed E-state index contributed by atoms with van der Waals surface area (Å²) in [6.45, 7) is 6.10. The number of hydrogen-bond acceptors (Lipinski definition) is 3. The van der Waals surface area contributed by atoms with Gasteiger partial charge < -0.3 is 5.11 Å². The highest BCUT2D eigenvalue weighted by atomic mass is 16.4. The first-order valence-corrected chi connectivity index (χ1v) is 6.01. The van der Waals surface area contributed by atoms with E-state index in [2.05, 4.69) is 23.8 Å². The van der Waals surface area contributed by atoms with Crippen molar-refractivity contribution in [3.63, 3.8) is 0 Å². The lowest BCUT2D eigenvalue weighted by Gasteiger charge is -2.05. The van der Waals surface area contributed by atoms with E-state index in [-0.39, 0.29) is 6.42 Å². The maximum Gasteiger partial charge on any atom is 0.309 e. The second-order valence-electron chi connectivity index (χ2n) is 4.92.